The predicted octanol–water partition coefficient (Wildman–Crippen LogP) is 2.33. The normalized spacial score (nSPS) is 18.7. The highest BCUT2D eigenvalue weighted by Gasteiger charge is 2.33. The number of quaternary nitrogens is 1. The summed E-state index contributed by atoms with van der Waals surface area (Å²) in [6, 6.07) is 12.4. The molecule has 1 aliphatic rings. The van der Waals surface area contributed by atoms with E-state index in [1.165, 1.54) is 21.7 Å². The van der Waals surface area contributed by atoms with Gasteiger partial charge in [0.15, 0.2) is 6.67 Å². The monoisotopic (exact) mass is 416 g/mol. The molecule has 0 aliphatic carbocycles. The van der Waals surface area contributed by atoms with Gasteiger partial charge in [-0.15, -0.1) is 0 Å². The van der Waals surface area contributed by atoms with Gasteiger partial charge < -0.3 is 14.4 Å². The molecule has 7 nitrogen and oxygen atoms in total. The molecule has 2 atom stereocenters. The molecule has 2 aromatic carbocycles. The van der Waals surface area contributed by atoms with E-state index in [1.54, 1.807) is 31.0 Å². The first-order chi connectivity index (χ1) is 14.1. The molecule has 0 radical (unpaired) electrons. The molecule has 152 valence electrons. The van der Waals surface area contributed by atoms with Crippen LogP contribution in [0.25, 0.3) is 5.69 Å². The first-order valence-electron chi connectivity index (χ1n) is 9.46. The van der Waals surface area contributed by atoms with E-state index in [9.17, 15) is 4.39 Å². The molecule has 1 aliphatic heterocycles. The third-order valence-corrected chi connectivity index (χ3v) is 5.73. The van der Waals surface area contributed by atoms with Gasteiger partial charge in [0.1, 0.15) is 23.4 Å². The zero-order valence-electron chi connectivity index (χ0n) is 16.3. The molecular weight excluding hydrogens is 393 g/mol. The summed E-state index contributed by atoms with van der Waals surface area (Å²) >= 11 is 5.55. The van der Waals surface area contributed by atoms with E-state index < -0.39 is 0 Å². The summed E-state index contributed by atoms with van der Waals surface area (Å²) in [5.74, 6) is 1.25. The molecule has 1 N–H and O–H groups in total. The first kappa shape index (κ1) is 19.5. The fourth-order valence-electron chi connectivity index (χ4n) is 3.92. The number of benzene rings is 2. The van der Waals surface area contributed by atoms with Crippen molar-refractivity contribution in [3.63, 3.8) is 0 Å². The minimum absolute atomic E-state index is 0.261. The van der Waals surface area contributed by atoms with Gasteiger partial charge in [-0.05, 0) is 53.0 Å². The maximum absolute atomic E-state index is 13.6. The highest BCUT2D eigenvalue weighted by molar-refractivity contribution is 7.71. The van der Waals surface area contributed by atoms with Crippen LogP contribution in [0, 0.1) is 10.6 Å². The fourth-order valence-corrected chi connectivity index (χ4v) is 4.16. The molecule has 0 spiro atoms. The molecule has 0 saturated carbocycles. The minimum Gasteiger partial charge on any atom is -0.497 e. The molecule has 1 saturated heterocycles. The number of nitrogens with one attached hydrogen (secondary N) is 1. The lowest BCUT2D eigenvalue weighted by Crippen LogP contribution is -3.09. The Morgan fingerprint density at radius 3 is 2.79 bits per heavy atom. The van der Waals surface area contributed by atoms with Crippen LogP contribution in [0.1, 0.15) is 24.4 Å². The summed E-state index contributed by atoms with van der Waals surface area (Å²) in [6.07, 6.45) is 2.14. The van der Waals surface area contributed by atoms with Crippen molar-refractivity contribution in [2.75, 3.05) is 20.8 Å². The van der Waals surface area contributed by atoms with E-state index in [4.69, 9.17) is 21.7 Å². The lowest BCUT2D eigenvalue weighted by atomic mass is 10.0. The maximum Gasteiger partial charge on any atom is 0.225 e. The second kappa shape index (κ2) is 8.30. The molecule has 29 heavy (non-hydrogen) atoms. The summed E-state index contributed by atoms with van der Waals surface area (Å²) in [4.78, 5) is 1.33. The van der Waals surface area contributed by atoms with Crippen LogP contribution in [0.3, 0.4) is 0 Å². The van der Waals surface area contributed by atoms with Crippen LogP contribution < -0.4 is 14.4 Å². The van der Waals surface area contributed by atoms with Gasteiger partial charge in [0, 0.05) is 18.9 Å². The molecule has 0 bridgehead atoms. The van der Waals surface area contributed by atoms with Crippen molar-refractivity contribution in [2.45, 2.75) is 25.6 Å². The Morgan fingerprint density at radius 2 is 2.03 bits per heavy atom. The number of likely N-dealkylation sites (tertiary alicyclic amines) is 1. The van der Waals surface area contributed by atoms with Crippen molar-refractivity contribution in [1.29, 1.82) is 0 Å². The number of methoxy groups -OCH3 is 2. The number of ether oxygens (including phenoxy) is 2. The van der Waals surface area contributed by atoms with Crippen LogP contribution in [-0.2, 0) is 6.67 Å². The number of nitrogens with zero attached hydrogens (tertiary/aromatic N) is 4. The predicted molar refractivity (Wildman–Crippen MR) is 107 cm³/mol. The van der Waals surface area contributed by atoms with E-state index >= 15 is 0 Å². The second-order valence-electron chi connectivity index (χ2n) is 7.02. The molecule has 2 heterocycles. The summed E-state index contributed by atoms with van der Waals surface area (Å²) in [5.41, 5.74) is 1.70. The van der Waals surface area contributed by atoms with Gasteiger partial charge >= 0.3 is 0 Å². The maximum atomic E-state index is 13.6. The van der Waals surface area contributed by atoms with Gasteiger partial charge in [0.25, 0.3) is 0 Å². The number of tetrazole rings is 1. The molecule has 1 fully saturated rings. The molecule has 9 heteroatoms. The summed E-state index contributed by atoms with van der Waals surface area (Å²) in [6.45, 7) is 1.57. The topological polar surface area (TPSA) is 58.5 Å². The standard InChI is InChI=1S/C20H22FN5O2S/c1-27-16-8-9-17(19(12-16)28-2)18-7-4-10-24(18)13-25-20(29)26(23-22-25)15-6-3-5-14(21)11-15/h3,5-6,8-9,11-12,18H,4,7,10,13H2,1-2H3/p+1/t18-/m0/s1. The smallest absolute Gasteiger partial charge is 0.225 e. The van der Waals surface area contributed by atoms with Crippen LogP contribution in [-0.4, -0.2) is 40.6 Å². The largest absolute Gasteiger partial charge is 0.497 e. The quantitative estimate of drug-likeness (QED) is 0.625. The van der Waals surface area contributed by atoms with Crippen molar-refractivity contribution in [2.24, 2.45) is 0 Å². The SMILES string of the molecule is COc1ccc([C@@H]2CCC[NH+]2Cn2nnn(-c3cccc(F)c3)c2=S)c(OC)c1. The van der Waals surface area contributed by atoms with Crippen LogP contribution in [0.4, 0.5) is 4.39 Å². The summed E-state index contributed by atoms with van der Waals surface area (Å²) < 4.78 is 28.1. The van der Waals surface area contributed by atoms with E-state index in [1.807, 2.05) is 12.1 Å². The zero-order valence-corrected chi connectivity index (χ0v) is 17.2. The first-order valence-corrected chi connectivity index (χ1v) is 9.87. The van der Waals surface area contributed by atoms with Crippen molar-refractivity contribution < 1.29 is 18.8 Å². The lowest BCUT2D eigenvalue weighted by molar-refractivity contribution is -0.941. The average molecular weight is 417 g/mol. The number of aromatic nitrogens is 4. The Morgan fingerprint density at radius 1 is 1.17 bits per heavy atom. The van der Waals surface area contributed by atoms with E-state index in [0.717, 1.165) is 36.4 Å². The highest BCUT2D eigenvalue weighted by atomic mass is 32.1. The number of hydrogen-bond donors (Lipinski definition) is 1. The molecule has 3 aromatic rings. The Bertz CT molecular complexity index is 1070. The average Bonchev–Trinajstić information content (AvgIpc) is 3.34. The third-order valence-electron chi connectivity index (χ3n) is 5.34. The Labute approximate surface area is 173 Å². The van der Waals surface area contributed by atoms with Gasteiger partial charge in [-0.25, -0.2) is 4.39 Å². The van der Waals surface area contributed by atoms with Crippen LogP contribution >= 0.6 is 12.2 Å². The highest BCUT2D eigenvalue weighted by Crippen LogP contribution is 2.31. The second-order valence-corrected chi connectivity index (χ2v) is 7.39. The van der Waals surface area contributed by atoms with E-state index in [-0.39, 0.29) is 11.9 Å². The Balaban J connectivity index is 1.59. The van der Waals surface area contributed by atoms with Gasteiger partial charge in [-0.2, -0.15) is 9.36 Å². The number of hydrogen-bond acceptors (Lipinski definition) is 5. The minimum atomic E-state index is -0.337. The van der Waals surface area contributed by atoms with Crippen molar-refractivity contribution in [1.82, 2.24) is 19.8 Å². The van der Waals surface area contributed by atoms with Crippen LogP contribution in [0.2, 0.25) is 0 Å². The van der Waals surface area contributed by atoms with Crippen molar-refractivity contribution >= 4 is 12.2 Å². The van der Waals surface area contributed by atoms with Crippen molar-refractivity contribution in [3.8, 4) is 17.2 Å². The van der Waals surface area contributed by atoms with Gasteiger partial charge in [0.05, 0.1) is 32.0 Å². The number of rotatable bonds is 6. The Kier molecular flexibility index (Phi) is 5.59. The fraction of sp³-hybridized carbons (Fsp3) is 0.350. The zero-order chi connectivity index (χ0) is 20.4. The van der Waals surface area contributed by atoms with Gasteiger partial charge in [-0.3, -0.25) is 0 Å². The van der Waals surface area contributed by atoms with Gasteiger partial charge in [0.2, 0.25) is 4.77 Å². The molecule has 1 aromatic heterocycles. The van der Waals surface area contributed by atoms with Crippen molar-refractivity contribution in [3.05, 3.63) is 58.6 Å². The van der Waals surface area contributed by atoms with Gasteiger partial charge in [-0.1, -0.05) is 6.07 Å². The molecule has 0 amide bonds. The van der Waals surface area contributed by atoms with E-state index in [2.05, 4.69) is 16.5 Å². The Hall–Kier alpha value is -2.78. The third kappa shape index (κ3) is 3.88. The van der Waals surface area contributed by atoms with E-state index in [0.29, 0.717) is 17.1 Å². The molecular formula is C20H23FN5O2S+. The summed E-state index contributed by atoms with van der Waals surface area (Å²) in [7, 11) is 3.32. The lowest BCUT2D eigenvalue weighted by Gasteiger charge is -2.23. The summed E-state index contributed by atoms with van der Waals surface area (Å²) in [5, 5.41) is 8.34. The molecule has 1 unspecified atom stereocenters. The molecule has 4 rings (SSSR count). The van der Waals surface area contributed by atoms with Crippen LogP contribution in [0.5, 0.6) is 11.5 Å². The number of halogens is 1. The van der Waals surface area contributed by atoms with Crippen LogP contribution in [0.15, 0.2) is 42.5 Å².